The average molecular weight is 280 g/mol. The smallest absolute Gasteiger partial charge is 0.138 e. The quantitative estimate of drug-likeness (QED) is 0.893. The molecule has 0 bridgehead atoms. The van der Waals surface area contributed by atoms with Gasteiger partial charge in [0.2, 0.25) is 0 Å². The second kappa shape index (κ2) is 5.34. The Balaban J connectivity index is 1.77. The molecule has 0 amide bonds. The summed E-state index contributed by atoms with van der Waals surface area (Å²) in [7, 11) is 0. The molecular formula is C16H22ClNO. The maximum absolute atomic E-state index is 6.40. The standard InChI is InChI=1S/C16H22ClNO/c1-16(9-4-10-18-16)12-7-8-15(14(17)11-12)19-13-5-2-3-6-13/h7-8,11,13,18H,2-6,9-10H2,1H3. The summed E-state index contributed by atoms with van der Waals surface area (Å²) in [5.41, 5.74) is 1.35. The number of rotatable bonds is 3. The molecule has 1 aliphatic carbocycles. The molecule has 1 aliphatic heterocycles. The molecule has 2 nitrogen and oxygen atoms in total. The Labute approximate surface area is 120 Å². The monoisotopic (exact) mass is 279 g/mol. The predicted octanol–water partition coefficient (Wildman–Crippen LogP) is 4.26. The van der Waals surface area contributed by atoms with Gasteiger partial charge in [0.1, 0.15) is 5.75 Å². The fourth-order valence-electron chi connectivity index (χ4n) is 3.27. The first-order valence-corrected chi connectivity index (χ1v) is 7.77. The topological polar surface area (TPSA) is 21.3 Å². The van der Waals surface area contributed by atoms with Crippen LogP contribution in [0.3, 0.4) is 0 Å². The first kappa shape index (κ1) is 13.3. The Hall–Kier alpha value is -0.730. The molecule has 3 heteroatoms. The Morgan fingerprint density at radius 3 is 2.68 bits per heavy atom. The summed E-state index contributed by atoms with van der Waals surface area (Å²) in [6.45, 7) is 3.34. The molecule has 1 aromatic carbocycles. The van der Waals surface area contributed by atoms with E-state index in [0.29, 0.717) is 6.10 Å². The van der Waals surface area contributed by atoms with Gasteiger partial charge in [0.15, 0.2) is 0 Å². The lowest BCUT2D eigenvalue weighted by atomic mass is 9.90. The highest BCUT2D eigenvalue weighted by atomic mass is 35.5. The zero-order valence-corrected chi connectivity index (χ0v) is 12.3. The Kier molecular flexibility index (Phi) is 3.72. The molecule has 1 saturated carbocycles. The SMILES string of the molecule is CC1(c2ccc(OC3CCCC3)c(Cl)c2)CCCN1. The first-order valence-electron chi connectivity index (χ1n) is 7.39. The zero-order valence-electron chi connectivity index (χ0n) is 11.5. The normalized spacial score (nSPS) is 27.9. The van der Waals surface area contributed by atoms with Crippen LogP contribution in [0.1, 0.15) is 51.0 Å². The minimum absolute atomic E-state index is 0.0789. The van der Waals surface area contributed by atoms with E-state index in [4.69, 9.17) is 16.3 Å². The van der Waals surface area contributed by atoms with E-state index in [0.717, 1.165) is 30.2 Å². The van der Waals surface area contributed by atoms with Crippen molar-refractivity contribution in [2.75, 3.05) is 6.54 Å². The summed E-state index contributed by atoms with van der Waals surface area (Å²) in [4.78, 5) is 0. The van der Waals surface area contributed by atoms with Crippen LogP contribution in [-0.2, 0) is 5.54 Å². The molecule has 0 spiro atoms. The molecule has 104 valence electrons. The van der Waals surface area contributed by atoms with Crippen molar-refractivity contribution in [3.8, 4) is 5.75 Å². The number of hydrogen-bond donors (Lipinski definition) is 1. The molecule has 1 saturated heterocycles. The number of hydrogen-bond acceptors (Lipinski definition) is 2. The van der Waals surface area contributed by atoms with Gasteiger partial charge in [0, 0.05) is 5.54 Å². The van der Waals surface area contributed by atoms with Gasteiger partial charge >= 0.3 is 0 Å². The largest absolute Gasteiger partial charge is 0.489 e. The van der Waals surface area contributed by atoms with E-state index in [1.54, 1.807) is 0 Å². The lowest BCUT2D eigenvalue weighted by Gasteiger charge is -2.26. The fourth-order valence-corrected chi connectivity index (χ4v) is 3.49. The third-order valence-electron chi connectivity index (χ3n) is 4.53. The summed E-state index contributed by atoms with van der Waals surface area (Å²) >= 11 is 6.40. The highest BCUT2D eigenvalue weighted by molar-refractivity contribution is 6.32. The van der Waals surface area contributed by atoms with E-state index < -0.39 is 0 Å². The first-order chi connectivity index (χ1) is 9.17. The molecule has 2 fully saturated rings. The van der Waals surface area contributed by atoms with Crippen molar-refractivity contribution in [1.29, 1.82) is 0 Å². The van der Waals surface area contributed by atoms with Crippen LogP contribution in [0.4, 0.5) is 0 Å². The van der Waals surface area contributed by atoms with Crippen molar-refractivity contribution in [2.24, 2.45) is 0 Å². The third-order valence-corrected chi connectivity index (χ3v) is 4.83. The fraction of sp³-hybridized carbons (Fsp3) is 0.625. The van der Waals surface area contributed by atoms with Crippen molar-refractivity contribution in [2.45, 2.75) is 57.1 Å². The van der Waals surface area contributed by atoms with E-state index in [2.05, 4.69) is 24.4 Å². The number of halogens is 1. The van der Waals surface area contributed by atoms with Crippen molar-refractivity contribution < 1.29 is 4.74 Å². The van der Waals surface area contributed by atoms with Gasteiger partial charge in [0.05, 0.1) is 11.1 Å². The van der Waals surface area contributed by atoms with Crippen molar-refractivity contribution in [1.82, 2.24) is 5.32 Å². The summed E-state index contributed by atoms with van der Waals surface area (Å²) in [6, 6.07) is 6.28. The average Bonchev–Trinajstić information content (AvgIpc) is 3.04. The maximum Gasteiger partial charge on any atom is 0.138 e. The molecule has 3 rings (SSSR count). The third kappa shape index (κ3) is 2.75. The minimum Gasteiger partial charge on any atom is -0.489 e. The van der Waals surface area contributed by atoms with Gasteiger partial charge in [-0.2, -0.15) is 0 Å². The van der Waals surface area contributed by atoms with Gasteiger partial charge < -0.3 is 10.1 Å². The molecule has 1 heterocycles. The van der Waals surface area contributed by atoms with E-state index >= 15 is 0 Å². The van der Waals surface area contributed by atoms with Crippen LogP contribution >= 0.6 is 11.6 Å². The molecule has 2 aliphatic rings. The zero-order chi connectivity index (χ0) is 13.3. The van der Waals surface area contributed by atoms with Crippen LogP contribution in [0, 0.1) is 0 Å². The molecule has 1 aromatic rings. The number of ether oxygens (including phenoxy) is 1. The Bertz CT molecular complexity index is 448. The second-order valence-electron chi connectivity index (χ2n) is 6.03. The molecule has 0 aromatic heterocycles. The molecule has 0 radical (unpaired) electrons. The second-order valence-corrected chi connectivity index (χ2v) is 6.44. The summed E-state index contributed by atoms with van der Waals surface area (Å²) in [5, 5.41) is 4.32. The van der Waals surface area contributed by atoms with Gasteiger partial charge in [-0.05, 0) is 69.7 Å². The highest BCUT2D eigenvalue weighted by Crippen LogP contribution is 2.36. The summed E-state index contributed by atoms with van der Waals surface area (Å²) in [6.07, 6.45) is 7.66. The highest BCUT2D eigenvalue weighted by Gasteiger charge is 2.30. The lowest BCUT2D eigenvalue weighted by Crippen LogP contribution is -2.33. The van der Waals surface area contributed by atoms with Crippen molar-refractivity contribution >= 4 is 11.6 Å². The van der Waals surface area contributed by atoms with Gasteiger partial charge in [-0.3, -0.25) is 0 Å². The molecule has 1 N–H and O–H groups in total. The Morgan fingerprint density at radius 2 is 2.05 bits per heavy atom. The molecule has 1 unspecified atom stereocenters. The van der Waals surface area contributed by atoms with E-state index in [1.165, 1.54) is 31.2 Å². The predicted molar refractivity (Wildman–Crippen MR) is 78.9 cm³/mol. The summed E-state index contributed by atoms with van der Waals surface area (Å²) in [5.74, 6) is 0.846. The lowest BCUT2D eigenvalue weighted by molar-refractivity contribution is 0.210. The van der Waals surface area contributed by atoms with Crippen LogP contribution in [0.5, 0.6) is 5.75 Å². The molecule has 1 atom stereocenters. The van der Waals surface area contributed by atoms with E-state index in [1.807, 2.05) is 6.07 Å². The number of benzene rings is 1. The van der Waals surface area contributed by atoms with E-state index in [9.17, 15) is 0 Å². The number of nitrogens with one attached hydrogen (secondary N) is 1. The van der Waals surface area contributed by atoms with Crippen LogP contribution in [0.15, 0.2) is 18.2 Å². The molecule has 19 heavy (non-hydrogen) atoms. The van der Waals surface area contributed by atoms with Crippen LogP contribution < -0.4 is 10.1 Å². The van der Waals surface area contributed by atoms with Crippen LogP contribution in [-0.4, -0.2) is 12.6 Å². The molecular weight excluding hydrogens is 258 g/mol. The van der Waals surface area contributed by atoms with Crippen molar-refractivity contribution in [3.05, 3.63) is 28.8 Å². The van der Waals surface area contributed by atoms with Gasteiger partial charge in [0.25, 0.3) is 0 Å². The Morgan fingerprint density at radius 1 is 1.26 bits per heavy atom. The van der Waals surface area contributed by atoms with Crippen LogP contribution in [0.25, 0.3) is 0 Å². The maximum atomic E-state index is 6.40. The van der Waals surface area contributed by atoms with Crippen LogP contribution in [0.2, 0.25) is 5.02 Å². The summed E-state index contributed by atoms with van der Waals surface area (Å²) < 4.78 is 6.00. The van der Waals surface area contributed by atoms with Gasteiger partial charge in [-0.15, -0.1) is 0 Å². The van der Waals surface area contributed by atoms with Gasteiger partial charge in [-0.1, -0.05) is 17.7 Å². The minimum atomic E-state index is 0.0789. The van der Waals surface area contributed by atoms with E-state index in [-0.39, 0.29) is 5.54 Å². The van der Waals surface area contributed by atoms with Crippen molar-refractivity contribution in [3.63, 3.8) is 0 Å². The van der Waals surface area contributed by atoms with Gasteiger partial charge in [-0.25, -0.2) is 0 Å².